The third-order valence-corrected chi connectivity index (χ3v) is 5.69. The molecule has 1 aliphatic rings. The average Bonchev–Trinajstić information content (AvgIpc) is 3.43. The number of aromatic amines is 1. The molecule has 0 bridgehead atoms. The maximum Gasteiger partial charge on any atom is 0.274 e. The Hall–Kier alpha value is -3.15. The number of nitrogens with zero attached hydrogens (tertiary/aromatic N) is 3. The second-order valence-electron chi connectivity index (χ2n) is 8.17. The van der Waals surface area contributed by atoms with E-state index in [-0.39, 0.29) is 11.9 Å². The minimum atomic E-state index is -0.0337. The molecule has 1 atom stereocenters. The fourth-order valence-corrected chi connectivity index (χ4v) is 4.02. The summed E-state index contributed by atoms with van der Waals surface area (Å²) in [5.41, 5.74) is 5.54. The van der Waals surface area contributed by atoms with E-state index in [0.29, 0.717) is 11.6 Å². The van der Waals surface area contributed by atoms with Crippen LogP contribution in [0.3, 0.4) is 0 Å². The number of aromatic nitrogens is 3. The number of nitrogens with one attached hydrogen (secondary N) is 1. The molecule has 0 saturated carbocycles. The fraction of sp³-hybridized carbons (Fsp3) is 0.375. The number of aryl methyl sites for hydroxylation is 1. The maximum atomic E-state index is 13.2. The molecule has 2 aromatic heterocycles. The highest BCUT2D eigenvalue weighted by molar-refractivity contribution is 5.93. The summed E-state index contributed by atoms with van der Waals surface area (Å²) in [6, 6.07) is 14.0. The molecule has 4 rings (SSSR count). The fourth-order valence-electron chi connectivity index (χ4n) is 4.02. The van der Waals surface area contributed by atoms with Crippen molar-refractivity contribution in [3.63, 3.8) is 0 Å². The molecule has 1 aromatic carbocycles. The van der Waals surface area contributed by atoms with Gasteiger partial charge in [0.2, 0.25) is 0 Å². The Balaban J connectivity index is 1.63. The van der Waals surface area contributed by atoms with Gasteiger partial charge >= 0.3 is 0 Å². The Morgan fingerprint density at radius 1 is 1.17 bits per heavy atom. The minimum Gasteiger partial charge on any atom is -0.497 e. The number of carbonyl (C=O) groups excluding carboxylic acids is 1. The van der Waals surface area contributed by atoms with Crippen LogP contribution >= 0.6 is 0 Å². The van der Waals surface area contributed by atoms with Crippen LogP contribution in [0.15, 0.2) is 42.5 Å². The van der Waals surface area contributed by atoms with Gasteiger partial charge in [-0.15, -0.1) is 0 Å². The van der Waals surface area contributed by atoms with Gasteiger partial charge in [0.15, 0.2) is 0 Å². The molecule has 3 aromatic rings. The lowest BCUT2D eigenvalue weighted by Crippen LogP contribution is -2.31. The molecule has 0 unspecified atom stereocenters. The van der Waals surface area contributed by atoms with Crippen molar-refractivity contribution in [2.45, 2.75) is 45.6 Å². The number of likely N-dealkylation sites (tertiary alicyclic amines) is 1. The number of methoxy groups -OCH3 is 1. The van der Waals surface area contributed by atoms with Gasteiger partial charge in [0.05, 0.1) is 18.8 Å². The topological polar surface area (TPSA) is 71.1 Å². The molecule has 0 aliphatic carbocycles. The van der Waals surface area contributed by atoms with E-state index < -0.39 is 0 Å². The lowest BCUT2D eigenvalue weighted by Gasteiger charge is -2.24. The predicted octanol–water partition coefficient (Wildman–Crippen LogP) is 4.89. The highest BCUT2D eigenvalue weighted by atomic mass is 16.5. The van der Waals surface area contributed by atoms with Gasteiger partial charge in [-0.05, 0) is 67.1 Å². The highest BCUT2D eigenvalue weighted by Crippen LogP contribution is 2.34. The van der Waals surface area contributed by atoms with Gasteiger partial charge < -0.3 is 9.64 Å². The van der Waals surface area contributed by atoms with Crippen LogP contribution in [0, 0.1) is 6.92 Å². The van der Waals surface area contributed by atoms with Crippen molar-refractivity contribution >= 4 is 5.91 Å². The molecule has 30 heavy (non-hydrogen) atoms. The molecule has 1 N–H and O–H groups in total. The van der Waals surface area contributed by atoms with Crippen molar-refractivity contribution < 1.29 is 9.53 Å². The minimum absolute atomic E-state index is 0.0325. The summed E-state index contributed by atoms with van der Waals surface area (Å²) >= 11 is 0. The van der Waals surface area contributed by atoms with Crippen molar-refractivity contribution in [3.8, 4) is 16.9 Å². The van der Waals surface area contributed by atoms with Crippen LogP contribution in [-0.2, 0) is 0 Å². The summed E-state index contributed by atoms with van der Waals surface area (Å²) in [5.74, 6) is 1.10. The molecule has 3 heterocycles. The van der Waals surface area contributed by atoms with Crippen LogP contribution in [0.4, 0.5) is 0 Å². The third-order valence-electron chi connectivity index (χ3n) is 5.69. The molecule has 156 valence electrons. The number of amides is 1. The second-order valence-corrected chi connectivity index (χ2v) is 8.17. The van der Waals surface area contributed by atoms with Gasteiger partial charge in [0.1, 0.15) is 11.4 Å². The molecular formula is C24H28N4O2. The van der Waals surface area contributed by atoms with Crippen LogP contribution < -0.4 is 4.74 Å². The van der Waals surface area contributed by atoms with Gasteiger partial charge in [0.25, 0.3) is 5.91 Å². The predicted molar refractivity (Wildman–Crippen MR) is 117 cm³/mol. The molecular weight excluding hydrogens is 376 g/mol. The van der Waals surface area contributed by atoms with Gasteiger partial charge in [-0.2, -0.15) is 5.10 Å². The number of pyridine rings is 1. The Morgan fingerprint density at radius 2 is 1.93 bits per heavy atom. The molecule has 6 heteroatoms. The van der Waals surface area contributed by atoms with Gasteiger partial charge in [-0.3, -0.25) is 14.9 Å². The van der Waals surface area contributed by atoms with Crippen molar-refractivity contribution in [1.82, 2.24) is 20.1 Å². The summed E-state index contributed by atoms with van der Waals surface area (Å²) in [6.07, 6.45) is 1.87. The zero-order valence-electron chi connectivity index (χ0n) is 18.0. The SMILES string of the molecule is COc1ccc(-c2cc(C)nc([C@H]3CCCN3C(=O)c3cc(C(C)C)[nH]n3)c2)cc1. The summed E-state index contributed by atoms with van der Waals surface area (Å²) < 4.78 is 5.27. The van der Waals surface area contributed by atoms with Crippen molar-refractivity contribution in [1.29, 1.82) is 0 Å². The van der Waals surface area contributed by atoms with E-state index in [9.17, 15) is 4.79 Å². The Labute approximate surface area is 177 Å². The van der Waals surface area contributed by atoms with E-state index in [4.69, 9.17) is 9.72 Å². The van der Waals surface area contributed by atoms with E-state index in [1.165, 1.54) is 0 Å². The Morgan fingerprint density at radius 3 is 2.60 bits per heavy atom. The lowest BCUT2D eigenvalue weighted by molar-refractivity contribution is 0.0727. The summed E-state index contributed by atoms with van der Waals surface area (Å²) in [5, 5.41) is 7.25. The first-order valence-corrected chi connectivity index (χ1v) is 10.5. The number of hydrogen-bond donors (Lipinski definition) is 1. The van der Waals surface area contributed by atoms with Gasteiger partial charge in [-0.25, -0.2) is 0 Å². The zero-order valence-corrected chi connectivity index (χ0v) is 18.0. The lowest BCUT2D eigenvalue weighted by atomic mass is 10.0. The molecule has 1 aliphatic heterocycles. The van der Waals surface area contributed by atoms with Crippen LogP contribution in [0.25, 0.3) is 11.1 Å². The number of carbonyl (C=O) groups is 1. The second kappa shape index (κ2) is 8.30. The Bertz CT molecular complexity index is 1040. The van der Waals surface area contributed by atoms with Crippen molar-refractivity contribution in [2.75, 3.05) is 13.7 Å². The monoisotopic (exact) mass is 404 g/mol. The van der Waals surface area contributed by atoms with E-state index in [0.717, 1.165) is 53.3 Å². The summed E-state index contributed by atoms with van der Waals surface area (Å²) in [6.45, 7) is 6.89. The molecule has 1 saturated heterocycles. The van der Waals surface area contributed by atoms with Crippen LogP contribution in [0.5, 0.6) is 5.75 Å². The standard InChI is InChI=1S/C24H28N4O2/c1-15(2)20-14-22(27-26-20)24(29)28-11-5-6-23(28)21-13-18(12-16(3)25-21)17-7-9-19(30-4)10-8-17/h7-10,12-15,23H,5-6,11H2,1-4H3,(H,26,27)/t23-/m1/s1. The molecule has 0 spiro atoms. The maximum absolute atomic E-state index is 13.2. The molecule has 1 amide bonds. The number of ether oxygens (including phenoxy) is 1. The quantitative estimate of drug-likeness (QED) is 0.657. The number of benzene rings is 1. The van der Waals surface area contributed by atoms with E-state index >= 15 is 0 Å². The largest absolute Gasteiger partial charge is 0.497 e. The van der Waals surface area contributed by atoms with Crippen LogP contribution in [0.2, 0.25) is 0 Å². The summed E-state index contributed by atoms with van der Waals surface area (Å²) in [4.78, 5) is 19.9. The molecule has 1 fully saturated rings. The van der Waals surface area contributed by atoms with Crippen molar-refractivity contribution in [3.05, 3.63) is 65.2 Å². The normalized spacial score (nSPS) is 16.3. The van der Waals surface area contributed by atoms with Gasteiger partial charge in [-0.1, -0.05) is 26.0 Å². The highest BCUT2D eigenvalue weighted by Gasteiger charge is 2.33. The Kier molecular flexibility index (Phi) is 5.57. The first-order chi connectivity index (χ1) is 14.5. The van der Waals surface area contributed by atoms with E-state index in [1.54, 1.807) is 7.11 Å². The summed E-state index contributed by atoms with van der Waals surface area (Å²) in [7, 11) is 1.67. The van der Waals surface area contributed by atoms with Gasteiger partial charge in [0, 0.05) is 17.9 Å². The van der Waals surface area contributed by atoms with Crippen LogP contribution in [0.1, 0.15) is 66.2 Å². The first-order valence-electron chi connectivity index (χ1n) is 10.5. The third kappa shape index (κ3) is 3.95. The van der Waals surface area contributed by atoms with E-state index in [2.05, 4.69) is 36.2 Å². The molecule has 0 radical (unpaired) electrons. The number of H-pyrrole nitrogens is 1. The number of rotatable bonds is 5. The molecule has 6 nitrogen and oxygen atoms in total. The smallest absolute Gasteiger partial charge is 0.274 e. The van der Waals surface area contributed by atoms with Crippen molar-refractivity contribution in [2.24, 2.45) is 0 Å². The zero-order chi connectivity index (χ0) is 21.3. The van der Waals surface area contributed by atoms with E-state index in [1.807, 2.05) is 42.2 Å². The van der Waals surface area contributed by atoms with Crippen LogP contribution in [-0.4, -0.2) is 39.6 Å². The first kappa shape index (κ1) is 20.1. The number of hydrogen-bond acceptors (Lipinski definition) is 4. The average molecular weight is 405 g/mol.